The monoisotopic (exact) mass is 690 g/mol. The van der Waals surface area contributed by atoms with E-state index in [1.807, 2.05) is 13.8 Å². The Morgan fingerprint density at radius 1 is 0.702 bits per heavy atom. The Labute approximate surface area is 280 Å². The fraction of sp³-hybridized carbons (Fsp3) is 0.759. The van der Waals surface area contributed by atoms with Crippen LogP contribution in [-0.2, 0) is 33.6 Å². The quantitative estimate of drug-likeness (QED) is 0.0458. The molecule has 6 amide bonds. The van der Waals surface area contributed by atoms with Crippen LogP contribution < -0.4 is 43.4 Å². The first-order chi connectivity index (χ1) is 22.1. The van der Waals surface area contributed by atoms with E-state index in [9.17, 15) is 43.8 Å². The molecule has 0 aromatic carbocycles. The number of nitrogens with one attached hydrogen (secondary N) is 6. The van der Waals surface area contributed by atoms with E-state index in [2.05, 4.69) is 31.9 Å². The van der Waals surface area contributed by atoms with Crippen molar-refractivity contribution < 1.29 is 43.8 Å². The van der Waals surface area contributed by atoms with Gasteiger partial charge in [0.1, 0.15) is 24.2 Å². The number of aliphatic carboxylic acids is 1. The van der Waals surface area contributed by atoms with Gasteiger partial charge >= 0.3 is 5.97 Å². The van der Waals surface area contributed by atoms with Crippen molar-refractivity contribution >= 4 is 53.2 Å². The predicted octanol–water partition coefficient (Wildman–Crippen LogP) is -2.85. The molecule has 0 spiro atoms. The molecule has 0 bridgehead atoms. The Morgan fingerprint density at radius 2 is 1.23 bits per heavy atom. The van der Waals surface area contributed by atoms with Gasteiger partial charge in [-0.1, -0.05) is 27.7 Å². The highest BCUT2D eigenvalue weighted by Crippen LogP contribution is 2.08. The molecule has 0 rings (SSSR count). The fourth-order valence-corrected chi connectivity index (χ4v) is 4.54. The summed E-state index contributed by atoms with van der Waals surface area (Å²) in [7, 11) is 0. The Kier molecular flexibility index (Phi) is 22.0. The molecule has 0 unspecified atom stereocenters. The van der Waals surface area contributed by atoms with E-state index in [1.54, 1.807) is 20.1 Å². The Bertz CT molecular complexity index is 1050. The maximum Gasteiger partial charge on any atom is 0.326 e. The summed E-state index contributed by atoms with van der Waals surface area (Å²) in [4.78, 5) is 87.5. The molecule has 5 atom stereocenters. The highest BCUT2D eigenvalue weighted by Gasteiger charge is 2.30. The minimum absolute atomic E-state index is 0.0372. The summed E-state index contributed by atoms with van der Waals surface area (Å²) in [5.74, 6) is -5.29. The standard InChI is InChI=1S/C29H54N8O9S/c1-16(2)12-20(35-23(40)14-33-28(44)24(31)17(3)4)27(43)36-18(9-11-47-5)26(42)37-21(15-38)25(41)32-13-22(39)34-19(29(45)46)8-6-7-10-30/h16-21,24,38H,6-15,30-31H2,1-5H3,(H,32,41)(H,33,44)(H,34,39)(H,35,40)(H,36,43)(H,37,42)(H,45,46)/t18-,19-,20-,21-,24-/m0/s1. The second-order valence-corrected chi connectivity index (χ2v) is 12.8. The Hall–Kier alpha value is -3.48. The van der Waals surface area contributed by atoms with Crippen LogP contribution in [-0.4, -0.2) is 120 Å². The van der Waals surface area contributed by atoms with E-state index < -0.39 is 91.3 Å². The average molecular weight is 691 g/mol. The molecule has 0 aromatic rings. The molecule has 0 radical (unpaired) electrons. The number of aliphatic hydroxyl groups is 1. The summed E-state index contributed by atoms with van der Waals surface area (Å²) >= 11 is 1.40. The van der Waals surface area contributed by atoms with Crippen LogP contribution in [0.2, 0.25) is 0 Å². The zero-order valence-corrected chi connectivity index (χ0v) is 28.7. The smallest absolute Gasteiger partial charge is 0.326 e. The van der Waals surface area contributed by atoms with Gasteiger partial charge in [0.15, 0.2) is 0 Å². The second kappa shape index (κ2) is 23.8. The minimum atomic E-state index is -1.49. The van der Waals surface area contributed by atoms with E-state index in [0.29, 0.717) is 25.1 Å². The first-order valence-electron chi connectivity index (χ1n) is 15.6. The average Bonchev–Trinajstić information content (AvgIpc) is 3.01. The number of thioether (sulfide) groups is 1. The van der Waals surface area contributed by atoms with Gasteiger partial charge < -0.3 is 53.6 Å². The molecule has 0 saturated heterocycles. The maximum atomic E-state index is 13.3. The Balaban J connectivity index is 5.40. The summed E-state index contributed by atoms with van der Waals surface area (Å²) in [6, 6.07) is -5.68. The highest BCUT2D eigenvalue weighted by molar-refractivity contribution is 7.98. The molecule has 0 saturated carbocycles. The summed E-state index contributed by atoms with van der Waals surface area (Å²) in [6.07, 6.45) is 3.35. The third kappa shape index (κ3) is 18.4. The van der Waals surface area contributed by atoms with Gasteiger partial charge in [-0.2, -0.15) is 11.8 Å². The zero-order chi connectivity index (χ0) is 36.1. The van der Waals surface area contributed by atoms with Crippen LogP contribution in [0.15, 0.2) is 0 Å². The molecule has 12 N–H and O–H groups in total. The normalized spacial score (nSPS) is 14.3. The number of rotatable bonds is 24. The first-order valence-corrected chi connectivity index (χ1v) is 17.0. The molecule has 0 aliphatic carbocycles. The van der Waals surface area contributed by atoms with Crippen molar-refractivity contribution in [3.05, 3.63) is 0 Å². The number of carboxylic acids is 1. The van der Waals surface area contributed by atoms with Crippen molar-refractivity contribution in [1.82, 2.24) is 31.9 Å². The number of carboxylic acid groups (broad SMARTS) is 1. The number of amides is 6. The van der Waals surface area contributed by atoms with Crippen LogP contribution in [0.25, 0.3) is 0 Å². The molecule has 0 aliphatic rings. The van der Waals surface area contributed by atoms with Crippen LogP contribution in [0.3, 0.4) is 0 Å². The predicted molar refractivity (Wildman–Crippen MR) is 177 cm³/mol. The van der Waals surface area contributed by atoms with Gasteiger partial charge in [0, 0.05) is 0 Å². The SMILES string of the molecule is CSCC[C@H](NC(=O)[C@H](CC(C)C)NC(=O)CNC(=O)[C@@H](N)C(C)C)C(=O)N[C@@H](CO)C(=O)NCC(=O)N[C@@H](CCCCN)C(=O)O. The van der Waals surface area contributed by atoms with E-state index in [-0.39, 0.29) is 31.1 Å². The lowest BCUT2D eigenvalue weighted by Crippen LogP contribution is -2.58. The summed E-state index contributed by atoms with van der Waals surface area (Å²) in [5, 5.41) is 33.6. The van der Waals surface area contributed by atoms with Crippen LogP contribution in [0.5, 0.6) is 0 Å². The summed E-state index contributed by atoms with van der Waals surface area (Å²) < 4.78 is 0. The molecule has 0 aliphatic heterocycles. The number of aliphatic hydroxyl groups excluding tert-OH is 1. The van der Waals surface area contributed by atoms with Crippen molar-refractivity contribution in [2.45, 2.75) is 90.0 Å². The first kappa shape index (κ1) is 43.5. The van der Waals surface area contributed by atoms with Crippen molar-refractivity contribution in [1.29, 1.82) is 0 Å². The zero-order valence-electron chi connectivity index (χ0n) is 27.9. The molecular formula is C29H54N8O9S. The Morgan fingerprint density at radius 3 is 1.72 bits per heavy atom. The number of carbonyl (C=O) groups excluding carboxylic acids is 6. The lowest BCUT2D eigenvalue weighted by molar-refractivity contribution is -0.142. The van der Waals surface area contributed by atoms with E-state index in [0.717, 1.165) is 0 Å². The second-order valence-electron chi connectivity index (χ2n) is 11.8. The van der Waals surface area contributed by atoms with Crippen molar-refractivity contribution in [2.24, 2.45) is 23.3 Å². The lowest BCUT2D eigenvalue weighted by atomic mass is 10.0. The van der Waals surface area contributed by atoms with Gasteiger partial charge in [0.05, 0.1) is 25.7 Å². The molecule has 0 heterocycles. The van der Waals surface area contributed by atoms with Gasteiger partial charge in [-0.05, 0) is 62.5 Å². The van der Waals surface area contributed by atoms with Crippen molar-refractivity contribution in [3.8, 4) is 0 Å². The molecule has 0 aromatic heterocycles. The minimum Gasteiger partial charge on any atom is -0.480 e. The fourth-order valence-electron chi connectivity index (χ4n) is 4.07. The van der Waals surface area contributed by atoms with Crippen molar-refractivity contribution in [2.75, 3.05) is 38.2 Å². The lowest BCUT2D eigenvalue weighted by Gasteiger charge is -2.25. The van der Waals surface area contributed by atoms with Gasteiger partial charge in [0.2, 0.25) is 35.4 Å². The molecule has 47 heavy (non-hydrogen) atoms. The summed E-state index contributed by atoms with van der Waals surface area (Å²) in [6.45, 7) is 5.71. The summed E-state index contributed by atoms with van der Waals surface area (Å²) in [5.41, 5.74) is 11.2. The molecule has 0 fully saturated rings. The third-order valence-electron chi connectivity index (χ3n) is 6.87. The third-order valence-corrected chi connectivity index (χ3v) is 7.51. The topological polar surface area (TPSA) is 284 Å². The van der Waals surface area contributed by atoms with E-state index in [1.165, 1.54) is 11.8 Å². The molecule has 18 heteroatoms. The van der Waals surface area contributed by atoms with Crippen LogP contribution >= 0.6 is 11.8 Å². The number of unbranched alkanes of at least 4 members (excludes halogenated alkanes) is 1. The van der Waals surface area contributed by atoms with E-state index in [4.69, 9.17) is 11.5 Å². The van der Waals surface area contributed by atoms with Crippen LogP contribution in [0.4, 0.5) is 0 Å². The maximum absolute atomic E-state index is 13.3. The van der Waals surface area contributed by atoms with Crippen molar-refractivity contribution in [3.63, 3.8) is 0 Å². The molecule has 17 nitrogen and oxygen atoms in total. The molecule has 270 valence electrons. The van der Waals surface area contributed by atoms with Gasteiger partial charge in [0.25, 0.3) is 0 Å². The number of carbonyl (C=O) groups is 7. The largest absolute Gasteiger partial charge is 0.480 e. The highest BCUT2D eigenvalue weighted by atomic mass is 32.2. The van der Waals surface area contributed by atoms with E-state index >= 15 is 0 Å². The molecular weight excluding hydrogens is 636 g/mol. The van der Waals surface area contributed by atoms with Gasteiger partial charge in [-0.25, -0.2) is 4.79 Å². The van der Waals surface area contributed by atoms with Crippen LogP contribution in [0.1, 0.15) is 59.8 Å². The number of nitrogens with two attached hydrogens (primary N) is 2. The number of hydrogen-bond donors (Lipinski definition) is 10. The number of hydrogen-bond acceptors (Lipinski definition) is 11. The van der Waals surface area contributed by atoms with Crippen LogP contribution in [0, 0.1) is 11.8 Å². The van der Waals surface area contributed by atoms with Gasteiger partial charge in [-0.15, -0.1) is 0 Å². The van der Waals surface area contributed by atoms with Gasteiger partial charge in [-0.3, -0.25) is 28.8 Å².